The monoisotopic (exact) mass is 371 g/mol. The number of aryl methyl sites for hydroxylation is 1. The van der Waals surface area contributed by atoms with Crippen LogP contribution in [-0.4, -0.2) is 23.8 Å². The van der Waals surface area contributed by atoms with Gasteiger partial charge in [-0.05, 0) is 48.6 Å². The third kappa shape index (κ3) is 3.65. The Bertz CT molecular complexity index is 900. The number of anilines is 1. The van der Waals surface area contributed by atoms with E-state index in [9.17, 15) is 19.7 Å². The van der Waals surface area contributed by atoms with Crippen LogP contribution in [0.25, 0.3) is 6.08 Å². The number of nitro groups is 1. The largest absolute Gasteiger partial charge is 0.355 e. The lowest BCUT2D eigenvalue weighted by Crippen LogP contribution is -2.21. The van der Waals surface area contributed by atoms with Crippen molar-refractivity contribution in [1.29, 1.82) is 0 Å². The molecule has 0 saturated carbocycles. The number of amides is 2. The van der Waals surface area contributed by atoms with Gasteiger partial charge in [0.05, 0.1) is 10.5 Å². The Balaban J connectivity index is 1.74. The van der Waals surface area contributed by atoms with Gasteiger partial charge in [-0.3, -0.25) is 19.7 Å². The van der Waals surface area contributed by atoms with Crippen LogP contribution in [0.15, 0.2) is 30.3 Å². The minimum Gasteiger partial charge on any atom is -0.355 e. The second-order valence-electron chi connectivity index (χ2n) is 5.81. The van der Waals surface area contributed by atoms with Crippen LogP contribution in [0.3, 0.4) is 0 Å². The van der Waals surface area contributed by atoms with E-state index in [0.717, 1.165) is 29.7 Å². The summed E-state index contributed by atoms with van der Waals surface area (Å²) in [4.78, 5) is 35.7. The number of nitrogens with zero attached hydrogens (tertiary/aromatic N) is 1. The third-order valence-corrected chi connectivity index (χ3v) is 5.35. The van der Waals surface area contributed by atoms with Crippen molar-refractivity contribution < 1.29 is 14.5 Å². The van der Waals surface area contributed by atoms with Gasteiger partial charge in [0.15, 0.2) is 0 Å². The molecule has 0 fully saturated rings. The van der Waals surface area contributed by atoms with Crippen LogP contribution in [0.5, 0.6) is 0 Å². The Morgan fingerprint density at radius 3 is 2.62 bits per heavy atom. The predicted molar refractivity (Wildman–Crippen MR) is 100 cm³/mol. The zero-order chi connectivity index (χ0) is 18.7. The van der Waals surface area contributed by atoms with Gasteiger partial charge in [0.1, 0.15) is 5.00 Å². The Morgan fingerprint density at radius 2 is 1.96 bits per heavy atom. The fourth-order valence-electron chi connectivity index (χ4n) is 2.89. The summed E-state index contributed by atoms with van der Waals surface area (Å²) < 4.78 is 0. The normalized spacial score (nSPS) is 12.8. The summed E-state index contributed by atoms with van der Waals surface area (Å²) in [5, 5.41) is 16.6. The first-order valence-corrected chi connectivity index (χ1v) is 8.91. The van der Waals surface area contributed by atoms with Crippen LogP contribution < -0.4 is 10.6 Å². The molecule has 8 heteroatoms. The molecule has 2 N–H and O–H groups in total. The number of non-ortho nitro benzene ring substituents is 1. The van der Waals surface area contributed by atoms with Gasteiger partial charge >= 0.3 is 0 Å². The second kappa shape index (κ2) is 7.49. The van der Waals surface area contributed by atoms with Crippen LogP contribution in [0, 0.1) is 10.1 Å². The van der Waals surface area contributed by atoms with Crippen molar-refractivity contribution in [1.82, 2.24) is 5.32 Å². The third-order valence-electron chi connectivity index (χ3n) is 4.14. The smallest absolute Gasteiger partial charge is 0.269 e. The molecule has 7 nitrogen and oxygen atoms in total. The van der Waals surface area contributed by atoms with Gasteiger partial charge < -0.3 is 10.6 Å². The van der Waals surface area contributed by atoms with Crippen LogP contribution in [0.4, 0.5) is 10.7 Å². The van der Waals surface area contributed by atoms with Crippen molar-refractivity contribution in [3.8, 4) is 0 Å². The molecule has 0 atom stereocenters. The lowest BCUT2D eigenvalue weighted by Gasteiger charge is -2.05. The van der Waals surface area contributed by atoms with Gasteiger partial charge in [-0.2, -0.15) is 0 Å². The van der Waals surface area contributed by atoms with Crippen LogP contribution in [0.1, 0.15) is 32.8 Å². The molecule has 1 aliphatic rings. The van der Waals surface area contributed by atoms with E-state index < -0.39 is 4.92 Å². The maximum absolute atomic E-state index is 12.2. The number of carbonyl (C=O) groups excluding carboxylic acids is 2. The van der Waals surface area contributed by atoms with Gasteiger partial charge in [-0.15, -0.1) is 11.3 Å². The van der Waals surface area contributed by atoms with Crippen LogP contribution in [0.2, 0.25) is 0 Å². The molecule has 1 aromatic heterocycles. The van der Waals surface area contributed by atoms with Crippen molar-refractivity contribution in [3.63, 3.8) is 0 Å². The maximum Gasteiger partial charge on any atom is 0.269 e. The molecular formula is C18H17N3O4S. The molecule has 2 amide bonds. The van der Waals surface area contributed by atoms with Gasteiger partial charge in [-0.1, -0.05) is 0 Å². The number of rotatable bonds is 5. The molecule has 0 saturated heterocycles. The highest BCUT2D eigenvalue weighted by molar-refractivity contribution is 7.17. The molecule has 0 radical (unpaired) electrons. The predicted octanol–water partition coefficient (Wildman–Crippen LogP) is 3.16. The molecule has 0 unspecified atom stereocenters. The highest BCUT2D eigenvalue weighted by Crippen LogP contribution is 2.39. The van der Waals surface area contributed by atoms with Gasteiger partial charge in [0, 0.05) is 30.1 Å². The highest BCUT2D eigenvalue weighted by atomic mass is 32.1. The number of benzene rings is 1. The number of hydrogen-bond acceptors (Lipinski definition) is 5. The van der Waals surface area contributed by atoms with Crippen molar-refractivity contribution in [2.24, 2.45) is 0 Å². The molecule has 1 aromatic carbocycles. The highest BCUT2D eigenvalue weighted by Gasteiger charge is 2.26. The first-order valence-electron chi connectivity index (χ1n) is 8.09. The molecule has 26 heavy (non-hydrogen) atoms. The average Bonchev–Trinajstić information content (AvgIpc) is 3.20. The molecular weight excluding hydrogens is 354 g/mol. The van der Waals surface area contributed by atoms with Gasteiger partial charge in [0.2, 0.25) is 5.91 Å². The van der Waals surface area contributed by atoms with E-state index in [-0.39, 0.29) is 17.5 Å². The summed E-state index contributed by atoms with van der Waals surface area (Å²) in [6.07, 6.45) is 5.72. The number of fused-ring (bicyclic) bond motifs is 1. The zero-order valence-corrected chi connectivity index (χ0v) is 14.9. The van der Waals surface area contributed by atoms with E-state index in [2.05, 4.69) is 10.6 Å². The van der Waals surface area contributed by atoms with Crippen molar-refractivity contribution >= 4 is 39.9 Å². The van der Waals surface area contributed by atoms with E-state index >= 15 is 0 Å². The first kappa shape index (κ1) is 17.8. The van der Waals surface area contributed by atoms with Crippen molar-refractivity contribution in [2.75, 3.05) is 12.4 Å². The number of nitrogens with one attached hydrogen (secondary N) is 2. The van der Waals surface area contributed by atoms with Crippen molar-refractivity contribution in [2.45, 2.75) is 19.3 Å². The summed E-state index contributed by atoms with van der Waals surface area (Å²) in [5.41, 5.74) is 2.26. The second-order valence-corrected chi connectivity index (χ2v) is 6.92. The molecule has 0 aliphatic heterocycles. The summed E-state index contributed by atoms with van der Waals surface area (Å²) in [5.74, 6) is -0.549. The summed E-state index contributed by atoms with van der Waals surface area (Å²) in [6.45, 7) is 0. The van der Waals surface area contributed by atoms with Crippen LogP contribution in [-0.2, 0) is 17.6 Å². The maximum atomic E-state index is 12.2. The number of carbonyl (C=O) groups is 2. The molecule has 3 rings (SSSR count). The fourth-order valence-corrected chi connectivity index (χ4v) is 4.18. The Hall–Kier alpha value is -3.00. The Labute approximate surface area is 153 Å². The van der Waals surface area contributed by atoms with E-state index in [1.165, 1.54) is 29.5 Å². The molecule has 0 spiro atoms. The topological polar surface area (TPSA) is 101 Å². The molecule has 1 heterocycles. The average molecular weight is 371 g/mol. The standard InChI is InChI=1S/C18H17N3O4S/c1-19-17(23)16-13-3-2-4-14(13)26-18(16)20-15(22)10-7-11-5-8-12(9-6-11)21(24)25/h5-10H,2-4H2,1H3,(H,19,23)(H,20,22)/b10-7-. The zero-order valence-electron chi connectivity index (χ0n) is 14.1. The number of nitro benzene ring substituents is 1. The molecule has 0 bridgehead atoms. The van der Waals surface area contributed by atoms with Gasteiger partial charge in [0.25, 0.3) is 11.6 Å². The first-order chi connectivity index (χ1) is 12.5. The van der Waals surface area contributed by atoms with E-state index in [0.29, 0.717) is 16.1 Å². The minimum absolute atomic E-state index is 0.00470. The lowest BCUT2D eigenvalue weighted by atomic mass is 10.1. The minimum atomic E-state index is -0.476. The fraction of sp³-hybridized carbons (Fsp3) is 0.222. The van der Waals surface area contributed by atoms with E-state index in [1.807, 2.05) is 0 Å². The van der Waals surface area contributed by atoms with Crippen molar-refractivity contribution in [3.05, 3.63) is 62.0 Å². The van der Waals surface area contributed by atoms with Crippen LogP contribution >= 0.6 is 11.3 Å². The quantitative estimate of drug-likeness (QED) is 0.479. The molecule has 2 aromatic rings. The lowest BCUT2D eigenvalue weighted by molar-refractivity contribution is -0.384. The Morgan fingerprint density at radius 1 is 1.23 bits per heavy atom. The number of thiophene rings is 1. The Kier molecular flexibility index (Phi) is 5.13. The summed E-state index contributed by atoms with van der Waals surface area (Å²) in [6, 6.07) is 5.89. The van der Waals surface area contributed by atoms with E-state index in [4.69, 9.17) is 0 Å². The number of hydrogen-bond donors (Lipinski definition) is 2. The van der Waals surface area contributed by atoms with Gasteiger partial charge in [-0.25, -0.2) is 0 Å². The summed E-state index contributed by atoms with van der Waals surface area (Å²) in [7, 11) is 1.57. The van der Waals surface area contributed by atoms with E-state index in [1.54, 1.807) is 25.3 Å². The molecule has 134 valence electrons. The summed E-state index contributed by atoms with van der Waals surface area (Å²) >= 11 is 1.45. The SMILES string of the molecule is CNC(=O)c1c(NC(=O)/C=C\c2ccc([N+](=O)[O-])cc2)sc2c1CCC2. The molecule has 1 aliphatic carbocycles.